The van der Waals surface area contributed by atoms with E-state index in [4.69, 9.17) is 18.9 Å². The Balaban J connectivity index is 1.80. The summed E-state index contributed by atoms with van der Waals surface area (Å²) in [6.07, 6.45) is 2.69. The molecular formula is C18H25NO5. The smallest absolute Gasteiger partial charge is 0.254 e. The van der Waals surface area contributed by atoms with Gasteiger partial charge in [-0.15, -0.1) is 0 Å². The fourth-order valence-corrected chi connectivity index (χ4v) is 3.33. The van der Waals surface area contributed by atoms with Crippen LogP contribution in [0.25, 0.3) is 0 Å². The number of carbonyl (C=O) groups is 1. The summed E-state index contributed by atoms with van der Waals surface area (Å²) in [6, 6.07) is 5.30. The number of likely N-dealkylation sites (tertiary alicyclic amines) is 1. The van der Waals surface area contributed by atoms with Gasteiger partial charge in [0, 0.05) is 12.1 Å². The fraction of sp³-hybridized carbons (Fsp3) is 0.611. The molecule has 2 saturated heterocycles. The van der Waals surface area contributed by atoms with Gasteiger partial charge in [0.2, 0.25) is 0 Å². The molecule has 132 valence electrons. The lowest BCUT2D eigenvalue weighted by molar-refractivity contribution is -0.100. The van der Waals surface area contributed by atoms with Crippen molar-refractivity contribution in [1.82, 2.24) is 4.90 Å². The number of ether oxygens (including phenoxy) is 4. The van der Waals surface area contributed by atoms with Gasteiger partial charge in [-0.05, 0) is 44.4 Å². The van der Waals surface area contributed by atoms with Crippen molar-refractivity contribution in [3.05, 3.63) is 23.8 Å². The van der Waals surface area contributed by atoms with E-state index in [1.807, 2.05) is 11.8 Å². The van der Waals surface area contributed by atoms with Gasteiger partial charge in [-0.3, -0.25) is 4.79 Å². The first-order valence-electron chi connectivity index (χ1n) is 8.59. The first-order chi connectivity index (χ1) is 11.7. The van der Waals surface area contributed by atoms with Crippen molar-refractivity contribution in [3.63, 3.8) is 0 Å². The van der Waals surface area contributed by atoms with Crippen LogP contribution in [-0.4, -0.2) is 56.6 Å². The minimum atomic E-state index is -0.307. The van der Waals surface area contributed by atoms with Crippen LogP contribution in [0, 0.1) is 0 Å². The van der Waals surface area contributed by atoms with Crippen molar-refractivity contribution in [2.75, 3.05) is 33.5 Å². The van der Waals surface area contributed by atoms with Crippen LogP contribution in [0.2, 0.25) is 0 Å². The highest BCUT2D eigenvalue weighted by molar-refractivity contribution is 5.95. The highest BCUT2D eigenvalue weighted by Crippen LogP contribution is 2.31. The van der Waals surface area contributed by atoms with E-state index in [0.29, 0.717) is 36.9 Å². The van der Waals surface area contributed by atoms with Gasteiger partial charge in [-0.2, -0.15) is 0 Å². The minimum absolute atomic E-state index is 0.0138. The van der Waals surface area contributed by atoms with Gasteiger partial charge in [0.25, 0.3) is 5.91 Å². The predicted molar refractivity (Wildman–Crippen MR) is 88.5 cm³/mol. The van der Waals surface area contributed by atoms with Crippen molar-refractivity contribution in [3.8, 4) is 11.5 Å². The molecule has 2 heterocycles. The second-order valence-corrected chi connectivity index (χ2v) is 5.97. The molecule has 1 aromatic carbocycles. The third-order valence-corrected chi connectivity index (χ3v) is 4.48. The molecule has 0 bridgehead atoms. The number of methoxy groups -OCH3 is 1. The van der Waals surface area contributed by atoms with Gasteiger partial charge in [0.15, 0.2) is 17.8 Å². The SMILES string of the molecule is CCOc1ccc(C(=O)N2CCCC[C@H]2C2OCCO2)cc1OC. The quantitative estimate of drug-likeness (QED) is 0.827. The maximum atomic E-state index is 13.0. The standard InChI is InChI=1S/C18H25NO5/c1-3-22-15-8-7-13(12-16(15)21-2)17(20)19-9-5-4-6-14(19)18-23-10-11-24-18/h7-8,12,14,18H,3-6,9-11H2,1-2H3/t14-/m0/s1. The number of benzene rings is 1. The molecule has 2 fully saturated rings. The monoisotopic (exact) mass is 335 g/mol. The molecule has 1 amide bonds. The van der Waals surface area contributed by atoms with Crippen LogP contribution in [0.4, 0.5) is 0 Å². The predicted octanol–water partition coefficient (Wildman–Crippen LogP) is 2.46. The van der Waals surface area contributed by atoms with E-state index in [-0.39, 0.29) is 18.2 Å². The number of amides is 1. The molecule has 3 rings (SSSR count). The maximum absolute atomic E-state index is 13.0. The summed E-state index contributed by atoms with van der Waals surface area (Å²) >= 11 is 0. The van der Waals surface area contributed by atoms with Crippen molar-refractivity contribution in [2.45, 2.75) is 38.5 Å². The van der Waals surface area contributed by atoms with Crippen LogP contribution in [-0.2, 0) is 9.47 Å². The Hall–Kier alpha value is -1.79. The Morgan fingerprint density at radius 2 is 2.04 bits per heavy atom. The largest absolute Gasteiger partial charge is 0.493 e. The molecule has 1 aromatic rings. The van der Waals surface area contributed by atoms with E-state index < -0.39 is 0 Å². The summed E-state index contributed by atoms with van der Waals surface area (Å²) in [6.45, 7) is 4.38. The Bertz CT molecular complexity index is 571. The molecule has 6 heteroatoms. The van der Waals surface area contributed by atoms with Crippen LogP contribution in [0.5, 0.6) is 11.5 Å². The van der Waals surface area contributed by atoms with Gasteiger partial charge in [-0.25, -0.2) is 0 Å². The molecule has 24 heavy (non-hydrogen) atoms. The lowest BCUT2D eigenvalue weighted by atomic mass is 10.00. The van der Waals surface area contributed by atoms with E-state index in [2.05, 4.69) is 0 Å². The molecule has 0 radical (unpaired) electrons. The van der Waals surface area contributed by atoms with E-state index >= 15 is 0 Å². The lowest BCUT2D eigenvalue weighted by Gasteiger charge is -2.38. The van der Waals surface area contributed by atoms with Gasteiger partial charge in [-0.1, -0.05) is 0 Å². The lowest BCUT2D eigenvalue weighted by Crippen LogP contribution is -2.50. The van der Waals surface area contributed by atoms with Crippen LogP contribution in [0.15, 0.2) is 18.2 Å². The molecule has 6 nitrogen and oxygen atoms in total. The number of carbonyl (C=O) groups excluding carboxylic acids is 1. The first kappa shape index (κ1) is 17.0. The molecule has 0 saturated carbocycles. The average molecular weight is 335 g/mol. The van der Waals surface area contributed by atoms with E-state index in [1.165, 1.54) is 0 Å². The summed E-state index contributed by atoms with van der Waals surface area (Å²) < 4.78 is 22.2. The third-order valence-electron chi connectivity index (χ3n) is 4.48. The van der Waals surface area contributed by atoms with Gasteiger partial charge in [0.05, 0.1) is 33.0 Å². The van der Waals surface area contributed by atoms with Crippen LogP contribution in [0.1, 0.15) is 36.5 Å². The Morgan fingerprint density at radius 3 is 2.75 bits per heavy atom. The number of rotatable bonds is 5. The molecule has 0 spiro atoms. The molecule has 0 unspecified atom stereocenters. The van der Waals surface area contributed by atoms with Gasteiger partial charge >= 0.3 is 0 Å². The Kier molecular flexibility index (Phi) is 5.58. The number of hydrogen-bond acceptors (Lipinski definition) is 5. The molecule has 2 aliphatic heterocycles. The topological polar surface area (TPSA) is 57.2 Å². The molecule has 0 aliphatic carbocycles. The maximum Gasteiger partial charge on any atom is 0.254 e. The van der Waals surface area contributed by atoms with E-state index in [1.54, 1.807) is 25.3 Å². The average Bonchev–Trinajstić information content (AvgIpc) is 3.16. The second-order valence-electron chi connectivity index (χ2n) is 5.97. The summed E-state index contributed by atoms with van der Waals surface area (Å²) in [5.41, 5.74) is 0.597. The highest BCUT2D eigenvalue weighted by Gasteiger charge is 2.36. The molecule has 1 atom stereocenters. The summed E-state index contributed by atoms with van der Waals surface area (Å²) in [7, 11) is 1.58. The molecule has 2 aliphatic rings. The number of piperidine rings is 1. The van der Waals surface area contributed by atoms with Crippen molar-refractivity contribution in [2.24, 2.45) is 0 Å². The Labute approximate surface area is 142 Å². The first-order valence-corrected chi connectivity index (χ1v) is 8.59. The summed E-state index contributed by atoms with van der Waals surface area (Å²) in [5.74, 6) is 1.21. The molecule has 0 aromatic heterocycles. The second kappa shape index (κ2) is 7.85. The number of nitrogens with zero attached hydrogens (tertiary/aromatic N) is 1. The molecular weight excluding hydrogens is 310 g/mol. The van der Waals surface area contributed by atoms with Crippen molar-refractivity contribution < 1.29 is 23.7 Å². The van der Waals surface area contributed by atoms with E-state index in [9.17, 15) is 4.79 Å². The zero-order valence-electron chi connectivity index (χ0n) is 14.3. The van der Waals surface area contributed by atoms with Crippen LogP contribution in [0.3, 0.4) is 0 Å². The summed E-state index contributed by atoms with van der Waals surface area (Å²) in [4.78, 5) is 14.9. The van der Waals surface area contributed by atoms with Gasteiger partial charge in [0.1, 0.15) is 0 Å². The summed E-state index contributed by atoms with van der Waals surface area (Å²) in [5, 5.41) is 0. The normalized spacial score (nSPS) is 21.8. The fourth-order valence-electron chi connectivity index (χ4n) is 3.33. The zero-order valence-corrected chi connectivity index (χ0v) is 14.3. The molecule has 0 N–H and O–H groups in total. The van der Waals surface area contributed by atoms with E-state index in [0.717, 1.165) is 25.8 Å². The van der Waals surface area contributed by atoms with Crippen LogP contribution < -0.4 is 9.47 Å². The zero-order chi connectivity index (χ0) is 16.9. The number of hydrogen-bond donors (Lipinski definition) is 0. The van der Waals surface area contributed by atoms with Crippen LogP contribution >= 0.6 is 0 Å². The van der Waals surface area contributed by atoms with Crippen molar-refractivity contribution >= 4 is 5.91 Å². The third kappa shape index (κ3) is 3.49. The highest BCUT2D eigenvalue weighted by atomic mass is 16.7. The Morgan fingerprint density at radius 1 is 1.25 bits per heavy atom. The van der Waals surface area contributed by atoms with Gasteiger partial charge < -0.3 is 23.8 Å². The minimum Gasteiger partial charge on any atom is -0.493 e. The van der Waals surface area contributed by atoms with Crippen molar-refractivity contribution in [1.29, 1.82) is 0 Å².